The van der Waals surface area contributed by atoms with E-state index < -0.39 is 0 Å². The van der Waals surface area contributed by atoms with Gasteiger partial charge in [-0.3, -0.25) is 14.6 Å². The van der Waals surface area contributed by atoms with Gasteiger partial charge in [0.1, 0.15) is 0 Å². The van der Waals surface area contributed by atoms with Crippen LogP contribution in [0.25, 0.3) is 0 Å². The first kappa shape index (κ1) is 16.7. The van der Waals surface area contributed by atoms with E-state index in [4.69, 9.17) is 0 Å². The first-order chi connectivity index (χ1) is 11.0. The number of nitrogens with zero attached hydrogens (tertiary/aromatic N) is 2. The minimum atomic E-state index is -0.175. The van der Waals surface area contributed by atoms with Crippen LogP contribution >= 0.6 is 0 Å². The van der Waals surface area contributed by atoms with Crippen LogP contribution in [0.5, 0.6) is 0 Å². The molecule has 5 nitrogen and oxygen atoms in total. The lowest BCUT2D eigenvalue weighted by molar-refractivity contribution is -0.135. The fourth-order valence-electron chi connectivity index (χ4n) is 2.24. The molecule has 2 aromatic rings. The predicted octanol–water partition coefficient (Wildman–Crippen LogP) is 2.05. The van der Waals surface area contributed by atoms with Crippen molar-refractivity contribution >= 4 is 11.8 Å². The summed E-state index contributed by atoms with van der Waals surface area (Å²) < 4.78 is 0. The molecule has 1 heterocycles. The molecule has 0 fully saturated rings. The van der Waals surface area contributed by atoms with Gasteiger partial charge in [0.15, 0.2) is 0 Å². The van der Waals surface area contributed by atoms with Crippen LogP contribution in [0.1, 0.15) is 23.6 Å². The highest BCUT2D eigenvalue weighted by Gasteiger charge is 2.14. The van der Waals surface area contributed by atoms with Crippen LogP contribution < -0.4 is 5.32 Å². The second-order valence-electron chi connectivity index (χ2n) is 5.50. The van der Waals surface area contributed by atoms with Crippen LogP contribution in [0.15, 0.2) is 48.8 Å². The number of aryl methyl sites for hydroxylation is 1. The zero-order valence-electron chi connectivity index (χ0n) is 13.5. The number of nitrogens with one attached hydrogen (secondary N) is 1. The van der Waals surface area contributed by atoms with Gasteiger partial charge in [0.05, 0.1) is 6.54 Å². The van der Waals surface area contributed by atoms with Crippen molar-refractivity contribution in [1.29, 1.82) is 0 Å². The maximum absolute atomic E-state index is 12.1. The van der Waals surface area contributed by atoms with E-state index in [9.17, 15) is 9.59 Å². The lowest BCUT2D eigenvalue weighted by Crippen LogP contribution is -2.39. The number of carbonyl (C=O) groups excluding carboxylic acids is 2. The predicted molar refractivity (Wildman–Crippen MR) is 88.4 cm³/mol. The zero-order chi connectivity index (χ0) is 16.7. The van der Waals surface area contributed by atoms with Crippen LogP contribution in [0, 0.1) is 6.92 Å². The third-order valence-electron chi connectivity index (χ3n) is 3.45. The summed E-state index contributed by atoms with van der Waals surface area (Å²) in [4.78, 5) is 29.3. The molecule has 5 heteroatoms. The van der Waals surface area contributed by atoms with Gasteiger partial charge in [-0.1, -0.05) is 35.9 Å². The summed E-state index contributed by atoms with van der Waals surface area (Å²) in [6.45, 7) is 4.34. The molecule has 0 saturated heterocycles. The molecule has 1 aromatic carbocycles. The number of hydrogen-bond donors (Lipinski definition) is 1. The number of rotatable bonds is 6. The van der Waals surface area contributed by atoms with Crippen molar-refractivity contribution < 1.29 is 9.59 Å². The number of carbonyl (C=O) groups is 2. The minimum absolute atomic E-state index is 0.0377. The summed E-state index contributed by atoms with van der Waals surface area (Å²) in [6.07, 6.45) is 3.37. The molecule has 0 aliphatic carbocycles. The average Bonchev–Trinajstić information content (AvgIpc) is 2.53. The standard InChI is InChI=1S/C18H21N3O2/c1-14-5-3-6-16(9-14)11-20-18(23)13-21(15(2)22)12-17-7-4-8-19-10-17/h3-10H,11-13H2,1-2H3,(H,20,23). The molecule has 120 valence electrons. The van der Waals surface area contributed by atoms with E-state index in [-0.39, 0.29) is 18.4 Å². The fraction of sp³-hybridized carbons (Fsp3) is 0.278. The summed E-state index contributed by atoms with van der Waals surface area (Å²) in [5.74, 6) is -0.315. The Morgan fingerprint density at radius 3 is 2.61 bits per heavy atom. The quantitative estimate of drug-likeness (QED) is 0.888. The van der Waals surface area contributed by atoms with Gasteiger partial charge >= 0.3 is 0 Å². The monoisotopic (exact) mass is 311 g/mol. The van der Waals surface area contributed by atoms with E-state index in [0.29, 0.717) is 13.1 Å². The molecular formula is C18H21N3O2. The van der Waals surface area contributed by atoms with Crippen molar-refractivity contribution in [2.45, 2.75) is 26.9 Å². The van der Waals surface area contributed by atoms with Crippen LogP contribution in [0.2, 0.25) is 0 Å². The van der Waals surface area contributed by atoms with Crippen molar-refractivity contribution in [3.63, 3.8) is 0 Å². The summed E-state index contributed by atoms with van der Waals surface area (Å²) in [5.41, 5.74) is 3.09. The maximum Gasteiger partial charge on any atom is 0.239 e. The molecule has 0 aliphatic rings. The van der Waals surface area contributed by atoms with Gasteiger partial charge in [-0.05, 0) is 24.1 Å². The van der Waals surface area contributed by atoms with Gasteiger partial charge in [-0.2, -0.15) is 0 Å². The second kappa shape index (κ2) is 8.08. The Balaban J connectivity index is 1.89. The summed E-state index contributed by atoms with van der Waals surface area (Å²) in [5, 5.41) is 2.85. The van der Waals surface area contributed by atoms with Gasteiger partial charge in [0.25, 0.3) is 0 Å². The molecule has 23 heavy (non-hydrogen) atoms. The van der Waals surface area contributed by atoms with Crippen LogP contribution in [-0.4, -0.2) is 28.2 Å². The molecule has 0 aliphatic heterocycles. The third-order valence-corrected chi connectivity index (χ3v) is 3.45. The van der Waals surface area contributed by atoms with Crippen molar-refractivity contribution in [2.24, 2.45) is 0 Å². The third kappa shape index (κ3) is 5.54. The number of aromatic nitrogens is 1. The molecule has 1 N–H and O–H groups in total. The molecular weight excluding hydrogens is 290 g/mol. The van der Waals surface area contributed by atoms with E-state index in [1.54, 1.807) is 12.4 Å². The van der Waals surface area contributed by atoms with Crippen LogP contribution in [-0.2, 0) is 22.7 Å². The Hall–Kier alpha value is -2.69. The van der Waals surface area contributed by atoms with E-state index >= 15 is 0 Å². The Labute approximate surface area is 136 Å². The van der Waals surface area contributed by atoms with Crippen molar-refractivity contribution in [3.05, 3.63) is 65.5 Å². The molecule has 2 rings (SSSR count). The van der Waals surface area contributed by atoms with Crippen LogP contribution in [0.4, 0.5) is 0 Å². The van der Waals surface area contributed by atoms with Crippen molar-refractivity contribution in [2.75, 3.05) is 6.54 Å². The molecule has 0 saturated carbocycles. The van der Waals surface area contributed by atoms with Crippen molar-refractivity contribution in [1.82, 2.24) is 15.2 Å². The highest BCUT2D eigenvalue weighted by Crippen LogP contribution is 2.05. The summed E-state index contributed by atoms with van der Waals surface area (Å²) in [7, 11) is 0. The average molecular weight is 311 g/mol. The lowest BCUT2D eigenvalue weighted by atomic mass is 10.1. The molecule has 0 unspecified atom stereocenters. The van der Waals surface area contributed by atoms with E-state index in [1.165, 1.54) is 11.8 Å². The van der Waals surface area contributed by atoms with Gasteiger partial charge in [-0.15, -0.1) is 0 Å². The highest BCUT2D eigenvalue weighted by molar-refractivity contribution is 5.83. The normalized spacial score (nSPS) is 10.2. The molecule has 0 atom stereocenters. The maximum atomic E-state index is 12.1. The molecule has 2 amide bonds. The van der Waals surface area contributed by atoms with Gasteiger partial charge in [0.2, 0.25) is 11.8 Å². The summed E-state index contributed by atoms with van der Waals surface area (Å²) >= 11 is 0. The Kier molecular flexibility index (Phi) is 5.86. The molecule has 0 spiro atoms. The SMILES string of the molecule is CC(=O)N(CC(=O)NCc1cccc(C)c1)Cc1cccnc1. The highest BCUT2D eigenvalue weighted by atomic mass is 16.2. The Morgan fingerprint density at radius 1 is 1.17 bits per heavy atom. The Bertz CT molecular complexity index is 671. The fourth-order valence-corrected chi connectivity index (χ4v) is 2.24. The largest absolute Gasteiger partial charge is 0.350 e. The second-order valence-corrected chi connectivity index (χ2v) is 5.50. The molecule has 0 radical (unpaired) electrons. The Morgan fingerprint density at radius 2 is 1.96 bits per heavy atom. The smallest absolute Gasteiger partial charge is 0.239 e. The van der Waals surface area contributed by atoms with Crippen LogP contribution in [0.3, 0.4) is 0 Å². The van der Waals surface area contributed by atoms with E-state index in [0.717, 1.165) is 16.7 Å². The first-order valence-electron chi connectivity index (χ1n) is 7.51. The zero-order valence-corrected chi connectivity index (χ0v) is 13.5. The molecule has 1 aromatic heterocycles. The number of hydrogen-bond acceptors (Lipinski definition) is 3. The van der Waals surface area contributed by atoms with Crippen molar-refractivity contribution in [3.8, 4) is 0 Å². The topological polar surface area (TPSA) is 62.3 Å². The van der Waals surface area contributed by atoms with Gasteiger partial charge in [0, 0.05) is 32.4 Å². The first-order valence-corrected chi connectivity index (χ1v) is 7.51. The lowest BCUT2D eigenvalue weighted by Gasteiger charge is -2.20. The number of pyridine rings is 1. The number of amides is 2. The van der Waals surface area contributed by atoms with E-state index in [2.05, 4.69) is 10.3 Å². The summed E-state index contributed by atoms with van der Waals surface area (Å²) in [6, 6.07) is 11.7. The van der Waals surface area contributed by atoms with E-state index in [1.807, 2.05) is 43.3 Å². The molecule has 0 bridgehead atoms. The van der Waals surface area contributed by atoms with Gasteiger partial charge in [-0.25, -0.2) is 0 Å². The van der Waals surface area contributed by atoms with Gasteiger partial charge < -0.3 is 10.2 Å². The minimum Gasteiger partial charge on any atom is -0.350 e. The number of benzene rings is 1.